The number of hydrogen-bond acceptors (Lipinski definition) is 3. The van der Waals surface area contributed by atoms with Gasteiger partial charge in [-0.1, -0.05) is 140 Å². The Morgan fingerprint density at radius 2 is 0.983 bits per heavy atom. The van der Waals surface area contributed by atoms with Crippen LogP contribution in [0.5, 0.6) is 0 Å². The van der Waals surface area contributed by atoms with Crippen molar-refractivity contribution >= 4 is 80.5 Å². The minimum Gasteiger partial charge on any atom is -0.291 e. The molecule has 268 valence electrons. The van der Waals surface area contributed by atoms with Crippen molar-refractivity contribution in [3.05, 3.63) is 194 Å². The van der Waals surface area contributed by atoms with Crippen LogP contribution in [0.1, 0.15) is 5.56 Å². The zero-order valence-corrected chi connectivity index (χ0v) is 32.0. The average Bonchev–Trinajstić information content (AvgIpc) is 3.85. The molecule has 58 heavy (non-hydrogen) atoms. The predicted molar refractivity (Wildman–Crippen MR) is 245 cm³/mol. The first kappa shape index (κ1) is 32.6. The average molecular weight is 754 g/mol. The second kappa shape index (κ2) is 12.7. The fourth-order valence-corrected chi connectivity index (χ4v) is 10.1. The molecule has 0 spiro atoms. The summed E-state index contributed by atoms with van der Waals surface area (Å²) in [5.41, 5.74) is 13.0. The van der Waals surface area contributed by atoms with Crippen LogP contribution in [0.3, 0.4) is 0 Å². The Hall–Kier alpha value is -7.58. The van der Waals surface area contributed by atoms with Crippen LogP contribution in [-0.2, 0) is 0 Å². The molecule has 0 atom stereocenters. The van der Waals surface area contributed by atoms with E-state index in [1.807, 2.05) is 35.6 Å². The highest BCUT2D eigenvalue weighted by molar-refractivity contribution is 7.26. The Kier molecular flexibility index (Phi) is 7.16. The summed E-state index contributed by atoms with van der Waals surface area (Å²) in [5, 5.41) is 19.0. The van der Waals surface area contributed by atoms with Crippen molar-refractivity contribution in [1.82, 2.24) is 9.38 Å². The monoisotopic (exact) mass is 753 g/mol. The summed E-state index contributed by atoms with van der Waals surface area (Å²) in [6.07, 6.45) is 0. The summed E-state index contributed by atoms with van der Waals surface area (Å²) in [4.78, 5) is 5.38. The Balaban J connectivity index is 0.986. The van der Waals surface area contributed by atoms with Crippen molar-refractivity contribution in [3.8, 4) is 50.7 Å². The number of thiophene rings is 1. The Bertz CT molecular complexity index is 3660. The largest absolute Gasteiger partial charge is 0.291 e. The SMILES string of the molecule is N#Cc1ccc(-c2ccc(-c3ccc(-c4ccc(-c5cc6c7ccccc7sc6c6nc7cc8cc9ccccc9cc8cc7n56)cc4)c4ccccc34)cc2)cc1. The normalized spacial score (nSPS) is 11.8. The number of hydrogen-bond donors (Lipinski definition) is 0. The fourth-order valence-electron chi connectivity index (χ4n) is 8.90. The lowest BCUT2D eigenvalue weighted by molar-refractivity contribution is 1.25. The first-order valence-electron chi connectivity index (χ1n) is 19.5. The molecule has 0 bridgehead atoms. The van der Waals surface area contributed by atoms with Crippen LogP contribution in [0.4, 0.5) is 0 Å². The molecule has 0 saturated heterocycles. The van der Waals surface area contributed by atoms with Crippen LogP contribution >= 0.6 is 11.3 Å². The van der Waals surface area contributed by atoms with Crippen LogP contribution in [-0.4, -0.2) is 9.38 Å². The van der Waals surface area contributed by atoms with E-state index in [1.54, 1.807) is 0 Å². The van der Waals surface area contributed by atoms with Crippen LogP contribution in [0.15, 0.2) is 188 Å². The summed E-state index contributed by atoms with van der Waals surface area (Å²) in [5.74, 6) is 0. The molecule has 0 aliphatic heterocycles. The van der Waals surface area contributed by atoms with E-state index >= 15 is 0 Å². The predicted octanol–water partition coefficient (Wildman–Crippen LogP) is 14.9. The number of nitriles is 1. The Labute approximate surface area is 337 Å². The van der Waals surface area contributed by atoms with Crippen LogP contribution in [0.25, 0.3) is 114 Å². The van der Waals surface area contributed by atoms with E-state index in [0.717, 1.165) is 39.1 Å². The molecular formula is C54H31N3S. The lowest BCUT2D eigenvalue weighted by Crippen LogP contribution is -1.93. The van der Waals surface area contributed by atoms with Crippen molar-refractivity contribution in [1.29, 1.82) is 5.26 Å². The van der Waals surface area contributed by atoms with Gasteiger partial charge >= 0.3 is 0 Å². The van der Waals surface area contributed by atoms with Crippen LogP contribution in [0.2, 0.25) is 0 Å². The molecule has 0 saturated carbocycles. The number of nitrogens with zero attached hydrogens (tertiary/aromatic N) is 3. The summed E-state index contributed by atoms with van der Waals surface area (Å²) in [6, 6.07) is 69.9. The van der Waals surface area contributed by atoms with Crippen LogP contribution in [0, 0.1) is 11.3 Å². The maximum absolute atomic E-state index is 9.21. The molecule has 3 nitrogen and oxygen atoms in total. The van der Waals surface area contributed by atoms with Crippen molar-refractivity contribution in [3.63, 3.8) is 0 Å². The maximum atomic E-state index is 9.21. The molecule has 0 N–H and O–H groups in total. The van der Waals surface area contributed by atoms with Gasteiger partial charge in [0.1, 0.15) is 0 Å². The lowest BCUT2D eigenvalue weighted by atomic mass is 9.91. The summed E-state index contributed by atoms with van der Waals surface area (Å²) in [7, 11) is 0. The van der Waals surface area contributed by atoms with Gasteiger partial charge in [0.15, 0.2) is 5.65 Å². The summed E-state index contributed by atoms with van der Waals surface area (Å²) >= 11 is 1.82. The molecule has 0 aliphatic rings. The number of rotatable bonds is 4. The quantitative estimate of drug-likeness (QED) is 0.168. The van der Waals surface area contributed by atoms with Gasteiger partial charge in [0.2, 0.25) is 0 Å². The van der Waals surface area contributed by atoms with Crippen LogP contribution < -0.4 is 0 Å². The maximum Gasteiger partial charge on any atom is 0.156 e. The molecule has 9 aromatic carbocycles. The fraction of sp³-hybridized carbons (Fsp3) is 0. The van der Waals surface area contributed by atoms with Crippen molar-refractivity contribution < 1.29 is 0 Å². The van der Waals surface area contributed by atoms with Crippen molar-refractivity contribution in [2.75, 3.05) is 0 Å². The van der Waals surface area contributed by atoms with Gasteiger partial charge in [-0.05, 0) is 120 Å². The smallest absolute Gasteiger partial charge is 0.156 e. The zero-order chi connectivity index (χ0) is 38.3. The van der Waals surface area contributed by atoms with E-state index in [9.17, 15) is 5.26 Å². The number of fused-ring (bicyclic) bond motifs is 10. The number of aromatic nitrogens is 2. The first-order chi connectivity index (χ1) is 28.7. The molecule has 0 aliphatic carbocycles. The Morgan fingerprint density at radius 1 is 0.448 bits per heavy atom. The van der Waals surface area contributed by atoms with E-state index in [1.165, 1.54) is 74.7 Å². The Morgan fingerprint density at radius 3 is 1.62 bits per heavy atom. The number of imidazole rings is 1. The van der Waals surface area contributed by atoms with Crippen molar-refractivity contribution in [2.24, 2.45) is 0 Å². The highest BCUT2D eigenvalue weighted by Gasteiger charge is 2.19. The number of benzene rings is 9. The third-order valence-corrected chi connectivity index (χ3v) is 13.0. The molecule has 3 aromatic heterocycles. The second-order valence-electron chi connectivity index (χ2n) is 15.1. The minimum atomic E-state index is 0.669. The van der Waals surface area contributed by atoms with E-state index < -0.39 is 0 Å². The summed E-state index contributed by atoms with van der Waals surface area (Å²) in [6.45, 7) is 0. The van der Waals surface area contributed by atoms with E-state index in [-0.39, 0.29) is 0 Å². The van der Waals surface area contributed by atoms with Gasteiger partial charge in [-0.15, -0.1) is 11.3 Å². The van der Waals surface area contributed by atoms with Gasteiger partial charge < -0.3 is 0 Å². The van der Waals surface area contributed by atoms with Gasteiger partial charge in [-0.3, -0.25) is 4.40 Å². The van der Waals surface area contributed by atoms with Gasteiger partial charge in [-0.2, -0.15) is 5.26 Å². The van der Waals surface area contributed by atoms with E-state index in [4.69, 9.17) is 4.98 Å². The van der Waals surface area contributed by atoms with E-state index in [0.29, 0.717) is 5.56 Å². The van der Waals surface area contributed by atoms with Gasteiger partial charge in [-0.25, -0.2) is 4.98 Å². The molecule has 0 fully saturated rings. The second-order valence-corrected chi connectivity index (χ2v) is 16.1. The highest BCUT2D eigenvalue weighted by Crippen LogP contribution is 2.42. The van der Waals surface area contributed by atoms with Gasteiger partial charge in [0.25, 0.3) is 0 Å². The van der Waals surface area contributed by atoms with E-state index in [2.05, 4.69) is 174 Å². The molecule has 4 heteroatoms. The molecule has 3 heterocycles. The summed E-state index contributed by atoms with van der Waals surface area (Å²) < 4.78 is 4.86. The molecule has 0 unspecified atom stereocenters. The third-order valence-electron chi connectivity index (χ3n) is 11.8. The lowest BCUT2D eigenvalue weighted by Gasteiger charge is -2.14. The number of pyridine rings is 1. The third kappa shape index (κ3) is 5.08. The van der Waals surface area contributed by atoms with Crippen molar-refractivity contribution in [2.45, 2.75) is 0 Å². The van der Waals surface area contributed by atoms with Gasteiger partial charge in [0.05, 0.1) is 33.1 Å². The highest BCUT2D eigenvalue weighted by atomic mass is 32.1. The minimum absolute atomic E-state index is 0.669. The van der Waals surface area contributed by atoms with Gasteiger partial charge in [0, 0.05) is 15.5 Å². The molecule has 12 rings (SSSR count). The first-order valence-corrected chi connectivity index (χ1v) is 20.3. The topological polar surface area (TPSA) is 41.1 Å². The molecule has 12 aromatic rings. The zero-order valence-electron chi connectivity index (χ0n) is 31.1. The molecular weight excluding hydrogens is 723 g/mol. The molecule has 0 amide bonds. The molecule has 0 radical (unpaired) electrons. The standard InChI is InChI=1S/C54H31N3S/c55-32-33-13-15-34(16-14-33)35-17-19-36(20-18-35)43-25-26-44(46-10-4-3-9-45(43)46)37-21-23-38(24-22-37)50-31-48-47-11-5-6-12-52(47)58-53(48)54-56-49-29-41-27-39-7-1-2-8-40(39)28-42(41)30-51(49)57(50)54/h1-31H.